The Kier molecular flexibility index (Phi) is 7.49. The van der Waals surface area contributed by atoms with Crippen LogP contribution >= 0.6 is 0 Å². The Morgan fingerprint density at radius 3 is 2.06 bits per heavy atom. The topological polar surface area (TPSA) is 81.8 Å². The summed E-state index contributed by atoms with van der Waals surface area (Å²) < 4.78 is 27.4. The summed E-state index contributed by atoms with van der Waals surface area (Å²) in [6, 6.07) is 25.3. The summed E-state index contributed by atoms with van der Waals surface area (Å²) in [5.74, 6) is -0.174. The van der Waals surface area contributed by atoms with Crippen molar-refractivity contribution in [3.8, 4) is 0 Å². The SMILES string of the molecule is CC(CNC(=O)c1ccc(NS(=O)(=O)c2ccccc2)cc1)N1CCN(c2ccccc2)CC1. The molecule has 1 aliphatic heterocycles. The first kappa shape index (κ1) is 23.8. The second-order valence-electron chi connectivity index (χ2n) is 8.41. The number of nitrogens with one attached hydrogen (secondary N) is 2. The maximum Gasteiger partial charge on any atom is 0.261 e. The third-order valence-corrected chi connectivity index (χ3v) is 7.47. The number of carbonyl (C=O) groups is 1. The maximum absolute atomic E-state index is 12.6. The molecule has 0 radical (unpaired) electrons. The molecule has 1 fully saturated rings. The van der Waals surface area contributed by atoms with Gasteiger partial charge in [0.15, 0.2) is 0 Å². The Hall–Kier alpha value is -3.36. The first-order valence-corrected chi connectivity index (χ1v) is 12.9. The van der Waals surface area contributed by atoms with Crippen molar-refractivity contribution in [2.24, 2.45) is 0 Å². The Morgan fingerprint density at radius 2 is 1.44 bits per heavy atom. The molecule has 0 aromatic heterocycles. The van der Waals surface area contributed by atoms with Gasteiger partial charge in [0.2, 0.25) is 0 Å². The molecule has 2 N–H and O–H groups in total. The molecule has 0 spiro atoms. The summed E-state index contributed by atoms with van der Waals surface area (Å²) in [6.07, 6.45) is 0. The molecule has 4 rings (SSSR count). The fraction of sp³-hybridized carbons (Fsp3) is 0.269. The lowest BCUT2D eigenvalue weighted by Gasteiger charge is -2.39. The lowest BCUT2D eigenvalue weighted by molar-refractivity contribution is 0.0934. The van der Waals surface area contributed by atoms with Gasteiger partial charge in [0.1, 0.15) is 0 Å². The molecular formula is C26H30N4O3S. The fourth-order valence-electron chi connectivity index (χ4n) is 4.03. The first-order valence-electron chi connectivity index (χ1n) is 11.4. The van der Waals surface area contributed by atoms with Crippen molar-refractivity contribution in [2.75, 3.05) is 42.3 Å². The molecule has 1 unspecified atom stereocenters. The van der Waals surface area contributed by atoms with Gasteiger partial charge in [-0.1, -0.05) is 36.4 Å². The number of nitrogens with zero attached hydrogens (tertiary/aromatic N) is 2. The van der Waals surface area contributed by atoms with Crippen LogP contribution in [0.2, 0.25) is 0 Å². The smallest absolute Gasteiger partial charge is 0.261 e. The zero-order valence-electron chi connectivity index (χ0n) is 19.2. The van der Waals surface area contributed by atoms with Gasteiger partial charge in [-0.2, -0.15) is 0 Å². The molecule has 0 aliphatic carbocycles. The molecule has 178 valence electrons. The largest absolute Gasteiger partial charge is 0.369 e. The van der Waals surface area contributed by atoms with Crippen LogP contribution in [0.1, 0.15) is 17.3 Å². The molecule has 0 bridgehead atoms. The van der Waals surface area contributed by atoms with Crippen molar-refractivity contribution in [1.82, 2.24) is 10.2 Å². The Bertz CT molecular complexity index is 1180. The van der Waals surface area contributed by atoms with Gasteiger partial charge >= 0.3 is 0 Å². The summed E-state index contributed by atoms with van der Waals surface area (Å²) in [5.41, 5.74) is 2.14. The van der Waals surface area contributed by atoms with Crippen LogP contribution in [-0.4, -0.2) is 58.0 Å². The van der Waals surface area contributed by atoms with Gasteiger partial charge in [0, 0.05) is 55.7 Å². The molecule has 1 heterocycles. The summed E-state index contributed by atoms with van der Waals surface area (Å²) in [5, 5.41) is 3.00. The van der Waals surface area contributed by atoms with E-state index in [4.69, 9.17) is 0 Å². The minimum Gasteiger partial charge on any atom is -0.369 e. The maximum atomic E-state index is 12.6. The highest BCUT2D eigenvalue weighted by atomic mass is 32.2. The fourth-order valence-corrected chi connectivity index (χ4v) is 5.11. The normalized spacial score (nSPS) is 15.5. The monoisotopic (exact) mass is 478 g/mol. The van der Waals surface area contributed by atoms with Crippen molar-refractivity contribution in [3.05, 3.63) is 90.5 Å². The summed E-state index contributed by atoms with van der Waals surface area (Å²) in [6.45, 7) is 6.49. The molecule has 8 heteroatoms. The van der Waals surface area contributed by atoms with Gasteiger partial charge < -0.3 is 10.2 Å². The van der Waals surface area contributed by atoms with E-state index in [1.807, 2.05) is 6.07 Å². The zero-order chi connectivity index (χ0) is 24.0. The van der Waals surface area contributed by atoms with E-state index < -0.39 is 10.0 Å². The standard InChI is InChI=1S/C26H30N4O3S/c1-21(29-16-18-30(19-17-29)24-8-4-2-5-9-24)20-27-26(31)22-12-14-23(15-13-22)28-34(32,33)25-10-6-3-7-11-25/h2-15,21,28H,16-20H2,1H3,(H,27,31). The molecule has 1 amide bonds. The number of benzene rings is 3. The molecular weight excluding hydrogens is 448 g/mol. The van der Waals surface area contributed by atoms with Gasteiger partial charge in [-0.15, -0.1) is 0 Å². The van der Waals surface area contributed by atoms with Gasteiger partial charge in [-0.05, 0) is 55.5 Å². The van der Waals surface area contributed by atoms with E-state index in [-0.39, 0.29) is 16.8 Å². The molecule has 3 aromatic carbocycles. The number of para-hydroxylation sites is 1. The third kappa shape index (κ3) is 5.95. The van der Waals surface area contributed by atoms with Crippen LogP contribution in [0.15, 0.2) is 89.8 Å². The van der Waals surface area contributed by atoms with E-state index in [9.17, 15) is 13.2 Å². The summed E-state index contributed by atoms with van der Waals surface area (Å²) in [7, 11) is -3.66. The van der Waals surface area contributed by atoms with Crippen LogP contribution in [-0.2, 0) is 10.0 Å². The van der Waals surface area contributed by atoms with Crippen LogP contribution in [0.4, 0.5) is 11.4 Å². The number of rotatable bonds is 8. The molecule has 1 atom stereocenters. The minimum atomic E-state index is -3.66. The molecule has 1 saturated heterocycles. The van der Waals surface area contributed by atoms with Crippen molar-refractivity contribution < 1.29 is 13.2 Å². The molecule has 0 saturated carbocycles. The van der Waals surface area contributed by atoms with Crippen LogP contribution < -0.4 is 14.9 Å². The lowest BCUT2D eigenvalue weighted by atomic mass is 10.1. The van der Waals surface area contributed by atoms with Gasteiger partial charge in [0.05, 0.1) is 4.90 Å². The summed E-state index contributed by atoms with van der Waals surface area (Å²) >= 11 is 0. The van der Waals surface area contributed by atoms with Crippen molar-refractivity contribution in [1.29, 1.82) is 0 Å². The highest BCUT2D eigenvalue weighted by Gasteiger charge is 2.22. The average molecular weight is 479 g/mol. The molecule has 3 aromatic rings. The number of carbonyl (C=O) groups excluding carboxylic acids is 1. The predicted molar refractivity (Wildman–Crippen MR) is 136 cm³/mol. The number of hydrogen-bond donors (Lipinski definition) is 2. The van der Waals surface area contributed by atoms with Crippen LogP contribution in [0.25, 0.3) is 0 Å². The van der Waals surface area contributed by atoms with Gasteiger partial charge in [-0.3, -0.25) is 14.4 Å². The van der Waals surface area contributed by atoms with E-state index in [1.54, 1.807) is 42.5 Å². The highest BCUT2D eigenvalue weighted by Crippen LogP contribution is 2.18. The number of anilines is 2. The van der Waals surface area contributed by atoms with Gasteiger partial charge in [0.25, 0.3) is 15.9 Å². The first-order chi connectivity index (χ1) is 16.4. The van der Waals surface area contributed by atoms with E-state index in [0.717, 1.165) is 26.2 Å². The lowest BCUT2D eigenvalue weighted by Crippen LogP contribution is -2.52. The molecule has 1 aliphatic rings. The van der Waals surface area contributed by atoms with Crippen LogP contribution in [0, 0.1) is 0 Å². The van der Waals surface area contributed by atoms with Crippen LogP contribution in [0.5, 0.6) is 0 Å². The number of hydrogen-bond acceptors (Lipinski definition) is 5. The van der Waals surface area contributed by atoms with Crippen molar-refractivity contribution in [3.63, 3.8) is 0 Å². The Labute approximate surface area is 201 Å². The Morgan fingerprint density at radius 1 is 0.853 bits per heavy atom. The highest BCUT2D eigenvalue weighted by molar-refractivity contribution is 7.92. The number of sulfonamides is 1. The van der Waals surface area contributed by atoms with Gasteiger partial charge in [-0.25, -0.2) is 8.42 Å². The van der Waals surface area contributed by atoms with E-state index in [2.05, 4.69) is 51.0 Å². The number of piperazine rings is 1. The average Bonchev–Trinajstić information content (AvgIpc) is 2.88. The zero-order valence-corrected chi connectivity index (χ0v) is 20.0. The third-order valence-electron chi connectivity index (χ3n) is 6.07. The quantitative estimate of drug-likeness (QED) is 0.519. The minimum absolute atomic E-state index is 0.174. The van der Waals surface area contributed by atoms with E-state index in [0.29, 0.717) is 17.8 Å². The van der Waals surface area contributed by atoms with Crippen LogP contribution in [0.3, 0.4) is 0 Å². The summed E-state index contributed by atoms with van der Waals surface area (Å²) in [4.78, 5) is 17.6. The number of amides is 1. The van der Waals surface area contributed by atoms with E-state index in [1.165, 1.54) is 17.8 Å². The van der Waals surface area contributed by atoms with Crippen molar-refractivity contribution in [2.45, 2.75) is 17.9 Å². The second-order valence-corrected chi connectivity index (χ2v) is 10.1. The Balaban J connectivity index is 1.25. The van der Waals surface area contributed by atoms with E-state index >= 15 is 0 Å². The predicted octanol–water partition coefficient (Wildman–Crippen LogP) is 3.43. The second kappa shape index (κ2) is 10.7. The molecule has 7 nitrogen and oxygen atoms in total. The van der Waals surface area contributed by atoms with Crippen molar-refractivity contribution >= 4 is 27.3 Å². The molecule has 34 heavy (non-hydrogen) atoms.